The summed E-state index contributed by atoms with van der Waals surface area (Å²) in [7, 11) is -3.60. The Labute approximate surface area is 103 Å². The minimum atomic E-state index is -3.60. The van der Waals surface area contributed by atoms with Crippen LogP contribution in [0.1, 0.15) is 5.56 Å². The summed E-state index contributed by atoms with van der Waals surface area (Å²) in [6.07, 6.45) is 1.53. The second kappa shape index (κ2) is 4.34. The van der Waals surface area contributed by atoms with Crippen molar-refractivity contribution >= 4 is 32.2 Å². The summed E-state index contributed by atoms with van der Waals surface area (Å²) in [6.45, 7) is 1.82. The van der Waals surface area contributed by atoms with Crippen LogP contribution >= 0.6 is 11.3 Å². The molecule has 0 unspecified atom stereocenters. The second-order valence-electron chi connectivity index (χ2n) is 3.46. The molecule has 17 heavy (non-hydrogen) atoms. The van der Waals surface area contributed by atoms with Crippen molar-refractivity contribution in [2.24, 2.45) is 0 Å². The summed E-state index contributed by atoms with van der Waals surface area (Å²) in [6, 6.07) is 4.62. The van der Waals surface area contributed by atoms with E-state index in [4.69, 9.17) is 5.73 Å². The summed E-state index contributed by atoms with van der Waals surface area (Å²) in [5, 5.41) is 2.03. The number of thiazole rings is 1. The van der Waals surface area contributed by atoms with Gasteiger partial charge in [0.2, 0.25) is 0 Å². The summed E-state index contributed by atoms with van der Waals surface area (Å²) in [5.41, 5.74) is 6.98. The average molecular weight is 269 g/mol. The van der Waals surface area contributed by atoms with Gasteiger partial charge in [-0.3, -0.25) is 4.72 Å². The van der Waals surface area contributed by atoms with Gasteiger partial charge < -0.3 is 5.73 Å². The highest BCUT2D eigenvalue weighted by molar-refractivity contribution is 7.93. The van der Waals surface area contributed by atoms with Gasteiger partial charge in [0.25, 0.3) is 10.0 Å². The van der Waals surface area contributed by atoms with Gasteiger partial charge in [0.15, 0.2) is 5.13 Å². The molecule has 0 atom stereocenters. The molecule has 0 bridgehead atoms. The van der Waals surface area contributed by atoms with Gasteiger partial charge in [-0.2, -0.15) is 0 Å². The van der Waals surface area contributed by atoms with E-state index in [2.05, 4.69) is 9.71 Å². The van der Waals surface area contributed by atoms with Crippen LogP contribution in [0.25, 0.3) is 0 Å². The fourth-order valence-corrected chi connectivity index (χ4v) is 3.06. The number of anilines is 2. The first kappa shape index (κ1) is 11.9. The fraction of sp³-hybridized carbons (Fsp3) is 0.100. The smallest absolute Gasteiger partial charge is 0.263 e. The van der Waals surface area contributed by atoms with Crippen molar-refractivity contribution in [3.05, 3.63) is 35.3 Å². The Hall–Kier alpha value is -1.60. The molecule has 3 N–H and O–H groups in total. The Morgan fingerprint density at radius 3 is 2.76 bits per heavy atom. The maximum atomic E-state index is 12.0. The maximum absolute atomic E-state index is 12.0. The molecule has 2 aromatic rings. The van der Waals surface area contributed by atoms with E-state index in [-0.39, 0.29) is 4.90 Å². The summed E-state index contributed by atoms with van der Waals surface area (Å²) < 4.78 is 26.3. The molecule has 2 rings (SSSR count). The van der Waals surface area contributed by atoms with Crippen LogP contribution in [0.4, 0.5) is 10.8 Å². The first-order chi connectivity index (χ1) is 7.99. The van der Waals surface area contributed by atoms with Crippen molar-refractivity contribution < 1.29 is 8.42 Å². The van der Waals surface area contributed by atoms with Crippen molar-refractivity contribution in [1.82, 2.24) is 4.98 Å². The number of nitrogens with two attached hydrogens (primary N) is 1. The molecular weight excluding hydrogens is 258 g/mol. The lowest BCUT2D eigenvalue weighted by atomic mass is 10.2. The summed E-state index contributed by atoms with van der Waals surface area (Å²) in [4.78, 5) is 4.00. The van der Waals surface area contributed by atoms with E-state index in [0.29, 0.717) is 10.8 Å². The highest BCUT2D eigenvalue weighted by Crippen LogP contribution is 2.21. The molecule has 0 aliphatic rings. The van der Waals surface area contributed by atoms with Gasteiger partial charge in [-0.25, -0.2) is 13.4 Å². The summed E-state index contributed by atoms with van der Waals surface area (Å²) >= 11 is 1.22. The maximum Gasteiger partial charge on any atom is 0.263 e. The van der Waals surface area contributed by atoms with Gasteiger partial charge in [-0.05, 0) is 24.6 Å². The number of nitrogens with one attached hydrogen (secondary N) is 1. The third-order valence-electron chi connectivity index (χ3n) is 2.21. The van der Waals surface area contributed by atoms with E-state index in [9.17, 15) is 8.42 Å². The van der Waals surface area contributed by atoms with Crippen LogP contribution in [0.15, 0.2) is 34.7 Å². The lowest BCUT2D eigenvalue weighted by Crippen LogP contribution is -2.13. The number of hydrogen-bond donors (Lipinski definition) is 2. The minimum Gasteiger partial charge on any atom is -0.398 e. The molecule has 0 aliphatic heterocycles. The normalized spacial score (nSPS) is 11.4. The highest BCUT2D eigenvalue weighted by Gasteiger charge is 2.15. The number of sulfonamides is 1. The molecule has 0 radical (unpaired) electrons. The molecule has 0 amide bonds. The molecule has 7 heteroatoms. The fourth-order valence-electron chi connectivity index (χ4n) is 1.23. The van der Waals surface area contributed by atoms with Gasteiger partial charge in [-0.15, -0.1) is 11.3 Å². The van der Waals surface area contributed by atoms with Crippen molar-refractivity contribution in [2.45, 2.75) is 11.8 Å². The van der Waals surface area contributed by atoms with Crippen LogP contribution in [0.3, 0.4) is 0 Å². The molecule has 1 aromatic carbocycles. The quantitative estimate of drug-likeness (QED) is 0.832. The summed E-state index contributed by atoms with van der Waals surface area (Å²) in [5.74, 6) is 0. The van der Waals surface area contributed by atoms with E-state index in [1.54, 1.807) is 11.4 Å². The molecule has 0 saturated heterocycles. The molecule has 0 saturated carbocycles. The van der Waals surface area contributed by atoms with Crippen molar-refractivity contribution in [3.8, 4) is 0 Å². The molecule has 1 aromatic heterocycles. The van der Waals surface area contributed by atoms with Crippen LogP contribution in [-0.4, -0.2) is 13.4 Å². The number of rotatable bonds is 3. The number of hydrogen-bond acceptors (Lipinski definition) is 5. The standard InChI is InChI=1S/C10H11N3O2S2/c1-7-2-3-8(6-9(7)11)17(14,15)13-10-12-4-5-16-10/h2-6H,11H2,1H3,(H,12,13). The van der Waals surface area contributed by atoms with E-state index in [1.807, 2.05) is 6.92 Å². The van der Waals surface area contributed by atoms with Crippen LogP contribution < -0.4 is 10.5 Å². The molecule has 1 heterocycles. The van der Waals surface area contributed by atoms with Crippen molar-refractivity contribution in [3.63, 3.8) is 0 Å². The third-order valence-corrected chi connectivity index (χ3v) is 4.37. The van der Waals surface area contributed by atoms with Crippen molar-refractivity contribution in [2.75, 3.05) is 10.5 Å². The first-order valence-corrected chi connectivity index (χ1v) is 7.14. The average Bonchev–Trinajstić information content (AvgIpc) is 2.73. The molecular formula is C10H11N3O2S2. The highest BCUT2D eigenvalue weighted by atomic mass is 32.2. The Morgan fingerprint density at radius 1 is 1.41 bits per heavy atom. The largest absolute Gasteiger partial charge is 0.398 e. The van der Waals surface area contributed by atoms with Crippen LogP contribution in [0.5, 0.6) is 0 Å². The molecule has 0 spiro atoms. The number of aryl methyl sites for hydroxylation is 1. The minimum absolute atomic E-state index is 0.135. The molecule has 0 aliphatic carbocycles. The predicted molar refractivity (Wildman–Crippen MR) is 68.5 cm³/mol. The zero-order valence-corrected chi connectivity index (χ0v) is 10.7. The zero-order chi connectivity index (χ0) is 12.5. The van der Waals surface area contributed by atoms with Gasteiger partial charge in [0.1, 0.15) is 0 Å². The number of nitrogens with zero attached hydrogens (tertiary/aromatic N) is 1. The lowest BCUT2D eigenvalue weighted by Gasteiger charge is -2.07. The third kappa shape index (κ3) is 2.56. The molecule has 0 fully saturated rings. The van der Waals surface area contributed by atoms with Crippen LogP contribution in [0, 0.1) is 6.92 Å². The zero-order valence-electron chi connectivity index (χ0n) is 9.04. The van der Waals surface area contributed by atoms with Crippen LogP contribution in [0.2, 0.25) is 0 Å². The Bertz CT molecular complexity index is 621. The SMILES string of the molecule is Cc1ccc(S(=O)(=O)Nc2nccs2)cc1N. The van der Waals surface area contributed by atoms with E-state index >= 15 is 0 Å². The number of benzene rings is 1. The van der Waals surface area contributed by atoms with Gasteiger partial charge in [0, 0.05) is 17.3 Å². The van der Waals surface area contributed by atoms with Crippen molar-refractivity contribution in [1.29, 1.82) is 0 Å². The van der Waals surface area contributed by atoms with Gasteiger partial charge in [-0.1, -0.05) is 6.07 Å². The van der Waals surface area contributed by atoms with E-state index in [1.165, 1.54) is 29.7 Å². The predicted octanol–water partition coefficient (Wildman–Crippen LogP) is 1.83. The number of nitrogen functional groups attached to an aromatic ring is 1. The molecule has 5 nitrogen and oxygen atoms in total. The first-order valence-electron chi connectivity index (χ1n) is 4.77. The van der Waals surface area contributed by atoms with E-state index in [0.717, 1.165) is 5.56 Å². The van der Waals surface area contributed by atoms with Gasteiger partial charge >= 0.3 is 0 Å². The number of aromatic nitrogens is 1. The van der Waals surface area contributed by atoms with Crippen LogP contribution in [-0.2, 0) is 10.0 Å². The Kier molecular flexibility index (Phi) is 3.03. The van der Waals surface area contributed by atoms with E-state index < -0.39 is 10.0 Å². The van der Waals surface area contributed by atoms with Gasteiger partial charge in [0.05, 0.1) is 4.90 Å². The second-order valence-corrected chi connectivity index (χ2v) is 6.04. The monoisotopic (exact) mass is 269 g/mol. The molecule has 90 valence electrons. The Balaban J connectivity index is 2.35. The Morgan fingerprint density at radius 2 is 2.18 bits per heavy atom. The topological polar surface area (TPSA) is 85.1 Å². The lowest BCUT2D eigenvalue weighted by molar-refractivity contribution is 0.601.